The first-order chi connectivity index (χ1) is 9.27. The minimum absolute atomic E-state index is 0.0361. The Bertz CT molecular complexity index is 632. The number of nitrogens with two attached hydrogens (primary N) is 1. The molecular weight excluding hydrogens is 304 g/mol. The van der Waals surface area contributed by atoms with Gasteiger partial charge in [-0.3, -0.25) is 4.79 Å². The second-order valence-electron chi connectivity index (χ2n) is 4.69. The van der Waals surface area contributed by atoms with Gasteiger partial charge in [-0.1, -0.05) is 11.6 Å². The number of amides is 1. The van der Waals surface area contributed by atoms with Crippen LogP contribution in [0.2, 0.25) is 5.02 Å². The fourth-order valence-corrected chi connectivity index (χ4v) is 3.12. The van der Waals surface area contributed by atoms with Gasteiger partial charge >= 0.3 is 0 Å². The van der Waals surface area contributed by atoms with Crippen molar-refractivity contribution in [2.24, 2.45) is 5.14 Å². The molecule has 2 rings (SSSR count). The van der Waals surface area contributed by atoms with E-state index in [4.69, 9.17) is 21.5 Å². The fraction of sp³-hybridized carbons (Fsp3) is 0.417. The number of carbonyl (C=O) groups is 1. The number of ether oxygens (including phenoxy) is 1. The van der Waals surface area contributed by atoms with Gasteiger partial charge in [0.15, 0.2) is 0 Å². The highest BCUT2D eigenvalue weighted by Crippen LogP contribution is 2.25. The molecule has 8 heteroatoms. The number of primary sulfonamides is 1. The lowest BCUT2D eigenvalue weighted by Crippen LogP contribution is -2.27. The van der Waals surface area contributed by atoms with Crippen LogP contribution in [0, 0.1) is 0 Å². The second-order valence-corrected chi connectivity index (χ2v) is 6.63. The van der Waals surface area contributed by atoms with Crippen molar-refractivity contribution in [3.63, 3.8) is 0 Å². The van der Waals surface area contributed by atoms with Crippen LogP contribution in [-0.4, -0.2) is 26.5 Å². The predicted octanol–water partition coefficient (Wildman–Crippen LogP) is 1.49. The Hall–Kier alpha value is -1.15. The van der Waals surface area contributed by atoms with Crippen molar-refractivity contribution in [3.05, 3.63) is 23.2 Å². The molecule has 20 heavy (non-hydrogen) atoms. The van der Waals surface area contributed by atoms with E-state index in [0.717, 1.165) is 6.42 Å². The summed E-state index contributed by atoms with van der Waals surface area (Å²) in [6.07, 6.45) is 1.08. The van der Waals surface area contributed by atoms with Gasteiger partial charge in [0.25, 0.3) is 5.91 Å². The van der Waals surface area contributed by atoms with Crippen molar-refractivity contribution in [1.82, 2.24) is 0 Å². The van der Waals surface area contributed by atoms with Crippen LogP contribution in [0.3, 0.4) is 0 Å². The lowest BCUT2D eigenvalue weighted by atomic mass is 10.2. The summed E-state index contributed by atoms with van der Waals surface area (Å²) in [5, 5.41) is 7.61. The molecule has 1 aromatic rings. The third kappa shape index (κ3) is 3.49. The number of benzene rings is 1. The van der Waals surface area contributed by atoms with Gasteiger partial charge in [-0.25, -0.2) is 13.6 Å². The van der Waals surface area contributed by atoms with Gasteiger partial charge in [-0.05, 0) is 38.0 Å². The molecule has 1 amide bonds. The van der Waals surface area contributed by atoms with Crippen molar-refractivity contribution in [1.29, 1.82) is 0 Å². The highest BCUT2D eigenvalue weighted by molar-refractivity contribution is 7.89. The Balaban J connectivity index is 2.11. The third-order valence-corrected chi connectivity index (χ3v) is 4.42. The molecule has 1 heterocycles. The van der Waals surface area contributed by atoms with Crippen LogP contribution in [0.4, 0.5) is 5.69 Å². The zero-order chi connectivity index (χ0) is 14.9. The first-order valence-corrected chi connectivity index (χ1v) is 7.98. The van der Waals surface area contributed by atoms with Gasteiger partial charge < -0.3 is 10.1 Å². The number of hydrogen-bond acceptors (Lipinski definition) is 4. The number of nitrogens with one attached hydrogen (secondary N) is 1. The minimum Gasteiger partial charge on any atom is -0.365 e. The molecule has 3 N–H and O–H groups in total. The quantitative estimate of drug-likeness (QED) is 0.882. The number of sulfonamides is 1. The summed E-state index contributed by atoms with van der Waals surface area (Å²) in [6, 6.07) is 4.03. The Labute approximate surface area is 122 Å². The van der Waals surface area contributed by atoms with Crippen molar-refractivity contribution >= 4 is 33.2 Å². The number of carbonyl (C=O) groups excluding carboxylic acids is 1. The van der Waals surface area contributed by atoms with Crippen LogP contribution in [0.5, 0.6) is 0 Å². The summed E-state index contributed by atoms with van der Waals surface area (Å²) in [4.78, 5) is 11.8. The van der Waals surface area contributed by atoms with E-state index < -0.39 is 16.1 Å². The third-order valence-electron chi connectivity index (χ3n) is 3.03. The van der Waals surface area contributed by atoms with E-state index in [1.165, 1.54) is 18.2 Å². The predicted molar refractivity (Wildman–Crippen MR) is 75.0 cm³/mol. The van der Waals surface area contributed by atoms with Crippen LogP contribution in [-0.2, 0) is 19.6 Å². The van der Waals surface area contributed by atoms with E-state index in [-0.39, 0.29) is 21.9 Å². The monoisotopic (exact) mass is 318 g/mol. The lowest BCUT2D eigenvalue weighted by molar-refractivity contribution is -0.126. The molecule has 0 saturated carbocycles. The molecule has 1 fully saturated rings. The smallest absolute Gasteiger partial charge is 0.253 e. The highest BCUT2D eigenvalue weighted by Gasteiger charge is 2.28. The minimum atomic E-state index is -3.87. The zero-order valence-electron chi connectivity index (χ0n) is 10.8. The van der Waals surface area contributed by atoms with E-state index >= 15 is 0 Å². The largest absolute Gasteiger partial charge is 0.365 e. The standard InChI is InChI=1S/C12H15ClN2O4S/c1-7-2-4-10(19-7)12(16)15-8-3-5-11(9(13)6-8)20(14,17)18/h3,5-7,10H,2,4H2,1H3,(H,15,16)(H2,14,17,18). The van der Waals surface area contributed by atoms with E-state index in [2.05, 4.69) is 5.32 Å². The van der Waals surface area contributed by atoms with Crippen molar-refractivity contribution < 1.29 is 17.9 Å². The topological polar surface area (TPSA) is 98.5 Å². The maximum absolute atomic E-state index is 11.9. The Kier molecular flexibility index (Phi) is 4.33. The highest BCUT2D eigenvalue weighted by atomic mass is 35.5. The van der Waals surface area contributed by atoms with E-state index in [1.807, 2.05) is 6.92 Å². The van der Waals surface area contributed by atoms with Crippen LogP contribution in [0.15, 0.2) is 23.1 Å². The number of rotatable bonds is 3. The van der Waals surface area contributed by atoms with Crippen LogP contribution in [0.1, 0.15) is 19.8 Å². The summed E-state index contributed by atoms with van der Waals surface area (Å²) in [7, 11) is -3.87. The Morgan fingerprint density at radius 1 is 1.45 bits per heavy atom. The van der Waals surface area contributed by atoms with Gasteiger partial charge in [0.05, 0.1) is 11.1 Å². The summed E-state index contributed by atoms with van der Waals surface area (Å²) in [5.74, 6) is -0.270. The maximum atomic E-state index is 11.9. The van der Waals surface area contributed by atoms with Gasteiger partial charge in [0.2, 0.25) is 10.0 Å². The van der Waals surface area contributed by atoms with Gasteiger partial charge in [-0.2, -0.15) is 0 Å². The fourth-order valence-electron chi connectivity index (χ4n) is 2.03. The molecule has 0 spiro atoms. The molecule has 0 aromatic heterocycles. The summed E-state index contributed by atoms with van der Waals surface area (Å²) < 4.78 is 27.9. The van der Waals surface area contributed by atoms with Crippen molar-refractivity contribution in [2.75, 3.05) is 5.32 Å². The Morgan fingerprint density at radius 2 is 2.15 bits per heavy atom. The molecule has 1 aliphatic heterocycles. The Morgan fingerprint density at radius 3 is 2.65 bits per heavy atom. The maximum Gasteiger partial charge on any atom is 0.253 e. The first-order valence-electron chi connectivity index (χ1n) is 6.06. The summed E-state index contributed by atoms with van der Waals surface area (Å²) in [5.41, 5.74) is 0.399. The van der Waals surface area contributed by atoms with E-state index in [1.54, 1.807) is 0 Å². The molecule has 0 aliphatic carbocycles. The molecule has 1 saturated heterocycles. The number of hydrogen-bond donors (Lipinski definition) is 2. The van der Waals surface area contributed by atoms with E-state index in [9.17, 15) is 13.2 Å². The number of anilines is 1. The average Bonchev–Trinajstić information content (AvgIpc) is 2.74. The first kappa shape index (κ1) is 15.2. The summed E-state index contributed by atoms with van der Waals surface area (Å²) >= 11 is 5.84. The molecule has 6 nitrogen and oxygen atoms in total. The molecule has 1 aromatic carbocycles. The zero-order valence-corrected chi connectivity index (χ0v) is 12.4. The average molecular weight is 319 g/mol. The van der Waals surface area contributed by atoms with Crippen molar-refractivity contribution in [2.45, 2.75) is 36.9 Å². The molecule has 0 radical (unpaired) electrons. The molecule has 1 aliphatic rings. The molecule has 0 bridgehead atoms. The van der Waals surface area contributed by atoms with Crippen LogP contribution in [0.25, 0.3) is 0 Å². The molecule has 110 valence electrons. The van der Waals surface area contributed by atoms with E-state index in [0.29, 0.717) is 12.1 Å². The SMILES string of the molecule is CC1CCC(C(=O)Nc2ccc(S(N)(=O)=O)c(Cl)c2)O1. The molecule has 2 unspecified atom stereocenters. The van der Waals surface area contributed by atoms with Crippen molar-refractivity contribution in [3.8, 4) is 0 Å². The van der Waals surface area contributed by atoms with Gasteiger partial charge in [0, 0.05) is 5.69 Å². The van der Waals surface area contributed by atoms with Gasteiger partial charge in [0.1, 0.15) is 11.0 Å². The normalized spacial score (nSPS) is 22.8. The van der Waals surface area contributed by atoms with Crippen LogP contribution >= 0.6 is 11.6 Å². The molecule has 2 atom stereocenters. The molecular formula is C12H15ClN2O4S. The lowest BCUT2D eigenvalue weighted by Gasteiger charge is -2.12. The summed E-state index contributed by atoms with van der Waals surface area (Å²) in [6.45, 7) is 1.91. The number of halogens is 1. The van der Waals surface area contributed by atoms with Gasteiger partial charge in [-0.15, -0.1) is 0 Å². The van der Waals surface area contributed by atoms with Crippen LogP contribution < -0.4 is 10.5 Å². The second kappa shape index (κ2) is 5.69.